The van der Waals surface area contributed by atoms with E-state index in [-0.39, 0.29) is 11.3 Å². The molecule has 2 fully saturated rings. The van der Waals surface area contributed by atoms with E-state index in [0.717, 1.165) is 24.2 Å². The summed E-state index contributed by atoms with van der Waals surface area (Å²) in [6.07, 6.45) is 11.1. The fraction of sp³-hybridized carbons (Fsp3) is 0.556. The second-order valence-corrected chi connectivity index (χ2v) is 7.40. The number of carbonyl (C=O) groups excluding carboxylic acids is 1. The fourth-order valence-corrected chi connectivity index (χ4v) is 3.78. The molecule has 24 heavy (non-hydrogen) atoms. The van der Waals surface area contributed by atoms with E-state index in [1.807, 2.05) is 19.4 Å². The number of rotatable bonds is 5. The molecule has 0 bridgehead atoms. The van der Waals surface area contributed by atoms with Crippen molar-refractivity contribution in [2.45, 2.75) is 32.3 Å². The maximum absolute atomic E-state index is 12.7. The van der Waals surface area contributed by atoms with Crippen LogP contribution in [0.3, 0.4) is 0 Å². The minimum atomic E-state index is -0.0437. The molecule has 1 saturated carbocycles. The Morgan fingerprint density at radius 3 is 3.04 bits per heavy atom. The highest BCUT2D eigenvalue weighted by atomic mass is 16.5. The molecule has 2 unspecified atom stereocenters. The van der Waals surface area contributed by atoms with Crippen LogP contribution in [0.2, 0.25) is 0 Å². The number of hydrogen-bond donors (Lipinski definition) is 2. The lowest BCUT2D eigenvalue weighted by Crippen LogP contribution is -2.41. The number of aromatic nitrogens is 3. The number of nitrogens with one attached hydrogen (secondary N) is 2. The fourth-order valence-electron chi connectivity index (χ4n) is 3.78. The van der Waals surface area contributed by atoms with Crippen LogP contribution in [0.1, 0.15) is 36.5 Å². The molecule has 0 aromatic carbocycles. The van der Waals surface area contributed by atoms with Crippen molar-refractivity contribution in [3.8, 4) is 11.1 Å². The standard InChI is InChI=1S/C18H24N4O2/c1-18(5-6-24-16(18)12-3-4-12)11-20-17(23)15-9-19-8-14(15)13-7-21-22(2)10-13/h7-10,12,16,19H,3-6,11H2,1-2H3,(H,20,23). The zero-order chi connectivity index (χ0) is 16.7. The normalized spacial score (nSPS) is 26.7. The van der Waals surface area contributed by atoms with E-state index in [0.29, 0.717) is 24.1 Å². The van der Waals surface area contributed by atoms with Crippen LogP contribution in [0.15, 0.2) is 24.8 Å². The van der Waals surface area contributed by atoms with E-state index >= 15 is 0 Å². The molecule has 4 rings (SSSR count). The third kappa shape index (κ3) is 2.75. The Bertz CT molecular complexity index is 746. The number of carbonyl (C=O) groups is 1. The van der Waals surface area contributed by atoms with Crippen LogP contribution >= 0.6 is 0 Å². The highest BCUT2D eigenvalue weighted by Crippen LogP contribution is 2.47. The zero-order valence-electron chi connectivity index (χ0n) is 14.2. The summed E-state index contributed by atoms with van der Waals surface area (Å²) >= 11 is 0. The maximum Gasteiger partial charge on any atom is 0.253 e. The van der Waals surface area contributed by atoms with Crippen LogP contribution in [-0.4, -0.2) is 39.9 Å². The van der Waals surface area contributed by atoms with E-state index in [2.05, 4.69) is 22.3 Å². The van der Waals surface area contributed by atoms with Gasteiger partial charge in [0.15, 0.2) is 0 Å². The monoisotopic (exact) mass is 328 g/mol. The predicted molar refractivity (Wildman–Crippen MR) is 90.5 cm³/mol. The Morgan fingerprint density at radius 1 is 1.50 bits per heavy atom. The quantitative estimate of drug-likeness (QED) is 0.885. The SMILES string of the molecule is Cn1cc(-c2c[nH]cc2C(=O)NCC2(C)CCOC2C2CC2)cn1. The van der Waals surface area contributed by atoms with E-state index in [9.17, 15) is 4.79 Å². The molecule has 2 N–H and O–H groups in total. The van der Waals surface area contributed by atoms with Crippen LogP contribution in [-0.2, 0) is 11.8 Å². The minimum absolute atomic E-state index is 0.0433. The van der Waals surface area contributed by atoms with Gasteiger partial charge in [-0.15, -0.1) is 0 Å². The van der Waals surface area contributed by atoms with Crippen molar-refractivity contribution in [1.29, 1.82) is 0 Å². The number of aryl methyl sites for hydroxylation is 1. The Labute approximate surface area is 141 Å². The highest BCUT2D eigenvalue weighted by Gasteiger charge is 2.48. The molecule has 1 aliphatic heterocycles. The number of aromatic amines is 1. The van der Waals surface area contributed by atoms with Crippen molar-refractivity contribution in [2.24, 2.45) is 18.4 Å². The van der Waals surface area contributed by atoms with Crippen molar-refractivity contribution >= 4 is 5.91 Å². The molecule has 2 aromatic rings. The van der Waals surface area contributed by atoms with Crippen molar-refractivity contribution in [3.63, 3.8) is 0 Å². The summed E-state index contributed by atoms with van der Waals surface area (Å²) in [5, 5.41) is 7.31. The average molecular weight is 328 g/mol. The smallest absolute Gasteiger partial charge is 0.253 e. The summed E-state index contributed by atoms with van der Waals surface area (Å²) in [6.45, 7) is 3.70. The van der Waals surface area contributed by atoms with Gasteiger partial charge in [-0.05, 0) is 25.2 Å². The van der Waals surface area contributed by atoms with Gasteiger partial charge in [0, 0.05) is 55.3 Å². The van der Waals surface area contributed by atoms with Crippen molar-refractivity contribution in [2.75, 3.05) is 13.2 Å². The van der Waals surface area contributed by atoms with E-state index in [1.165, 1.54) is 12.8 Å². The first-order chi connectivity index (χ1) is 11.6. The van der Waals surface area contributed by atoms with Crippen LogP contribution < -0.4 is 5.32 Å². The Hall–Kier alpha value is -2.08. The number of nitrogens with zero attached hydrogens (tertiary/aromatic N) is 2. The molecule has 2 aromatic heterocycles. The third-order valence-corrected chi connectivity index (χ3v) is 5.37. The molecule has 1 aliphatic carbocycles. The summed E-state index contributed by atoms with van der Waals surface area (Å²) in [7, 11) is 1.87. The molecule has 128 valence electrons. The molecule has 1 amide bonds. The van der Waals surface area contributed by atoms with Gasteiger partial charge < -0.3 is 15.0 Å². The minimum Gasteiger partial charge on any atom is -0.377 e. The first-order valence-electron chi connectivity index (χ1n) is 8.62. The number of amides is 1. The summed E-state index contributed by atoms with van der Waals surface area (Å²) < 4.78 is 7.68. The van der Waals surface area contributed by atoms with Gasteiger partial charge in [0.05, 0.1) is 17.9 Å². The first kappa shape index (κ1) is 15.4. The van der Waals surface area contributed by atoms with E-state index in [1.54, 1.807) is 17.1 Å². The molecule has 6 nitrogen and oxygen atoms in total. The van der Waals surface area contributed by atoms with Crippen molar-refractivity contribution in [3.05, 3.63) is 30.4 Å². The molecule has 0 radical (unpaired) electrons. The molecule has 3 heterocycles. The largest absolute Gasteiger partial charge is 0.377 e. The van der Waals surface area contributed by atoms with Crippen molar-refractivity contribution in [1.82, 2.24) is 20.1 Å². The van der Waals surface area contributed by atoms with Crippen LogP contribution in [0.5, 0.6) is 0 Å². The average Bonchev–Trinajstić information content (AvgIpc) is 2.97. The second-order valence-electron chi connectivity index (χ2n) is 7.40. The molecule has 2 aliphatic rings. The molecule has 6 heteroatoms. The molecule has 2 atom stereocenters. The summed E-state index contributed by atoms with van der Waals surface area (Å²) in [5.74, 6) is 0.644. The number of hydrogen-bond acceptors (Lipinski definition) is 3. The summed E-state index contributed by atoms with van der Waals surface area (Å²) in [5.41, 5.74) is 2.53. The lowest BCUT2D eigenvalue weighted by Gasteiger charge is -2.30. The summed E-state index contributed by atoms with van der Waals surface area (Å²) in [6, 6.07) is 0. The Balaban J connectivity index is 1.46. The maximum atomic E-state index is 12.7. The second kappa shape index (κ2) is 5.77. The molecular weight excluding hydrogens is 304 g/mol. The lowest BCUT2D eigenvalue weighted by atomic mass is 9.81. The Kier molecular flexibility index (Phi) is 3.72. The van der Waals surface area contributed by atoms with Gasteiger partial charge in [0.25, 0.3) is 5.91 Å². The van der Waals surface area contributed by atoms with Gasteiger partial charge in [-0.2, -0.15) is 5.10 Å². The van der Waals surface area contributed by atoms with Gasteiger partial charge >= 0.3 is 0 Å². The molecule has 0 spiro atoms. The van der Waals surface area contributed by atoms with Gasteiger partial charge in [-0.1, -0.05) is 6.92 Å². The van der Waals surface area contributed by atoms with Gasteiger partial charge in [-0.25, -0.2) is 0 Å². The van der Waals surface area contributed by atoms with Crippen LogP contribution in [0.4, 0.5) is 0 Å². The van der Waals surface area contributed by atoms with E-state index in [4.69, 9.17) is 4.74 Å². The predicted octanol–water partition coefficient (Wildman–Crippen LogP) is 2.35. The third-order valence-electron chi connectivity index (χ3n) is 5.37. The van der Waals surface area contributed by atoms with Gasteiger partial charge in [0.2, 0.25) is 0 Å². The Morgan fingerprint density at radius 2 is 2.33 bits per heavy atom. The molecular formula is C18H24N4O2. The number of ether oxygens (including phenoxy) is 1. The topological polar surface area (TPSA) is 71.9 Å². The zero-order valence-corrected chi connectivity index (χ0v) is 14.2. The van der Waals surface area contributed by atoms with Crippen molar-refractivity contribution < 1.29 is 9.53 Å². The van der Waals surface area contributed by atoms with Crippen LogP contribution in [0.25, 0.3) is 11.1 Å². The molecule has 1 saturated heterocycles. The highest BCUT2D eigenvalue weighted by molar-refractivity contribution is 6.00. The first-order valence-corrected chi connectivity index (χ1v) is 8.62. The van der Waals surface area contributed by atoms with E-state index < -0.39 is 0 Å². The lowest BCUT2D eigenvalue weighted by molar-refractivity contribution is 0.0382. The van der Waals surface area contributed by atoms with Crippen LogP contribution in [0, 0.1) is 11.3 Å². The number of H-pyrrole nitrogens is 1. The van der Waals surface area contributed by atoms with Gasteiger partial charge in [-0.3, -0.25) is 9.48 Å². The summed E-state index contributed by atoms with van der Waals surface area (Å²) in [4.78, 5) is 15.7. The van der Waals surface area contributed by atoms with Gasteiger partial charge in [0.1, 0.15) is 0 Å².